The molecule has 6 nitrogen and oxygen atoms in total. The number of hydrogen-bond acceptors (Lipinski definition) is 4. The summed E-state index contributed by atoms with van der Waals surface area (Å²) < 4.78 is 7.91. The van der Waals surface area contributed by atoms with Gasteiger partial charge in [0.05, 0.1) is 0 Å². The number of fused-ring (bicyclic) bond motifs is 1. The molecule has 1 fully saturated rings. The van der Waals surface area contributed by atoms with Crippen molar-refractivity contribution in [1.82, 2.24) is 19.4 Å². The summed E-state index contributed by atoms with van der Waals surface area (Å²) in [6.45, 7) is 2.48. The van der Waals surface area contributed by atoms with E-state index in [9.17, 15) is 4.79 Å². The number of likely N-dealkylation sites (tertiary alicyclic amines) is 1. The van der Waals surface area contributed by atoms with Gasteiger partial charge in [-0.25, -0.2) is 9.97 Å². The van der Waals surface area contributed by atoms with Gasteiger partial charge < -0.3 is 13.9 Å². The van der Waals surface area contributed by atoms with E-state index in [1.54, 1.807) is 0 Å². The lowest BCUT2D eigenvalue weighted by Gasteiger charge is -2.32. The van der Waals surface area contributed by atoms with Crippen molar-refractivity contribution in [3.05, 3.63) is 60.2 Å². The predicted molar refractivity (Wildman–Crippen MR) is 105 cm³/mol. The van der Waals surface area contributed by atoms with Crippen LogP contribution in [0.4, 0.5) is 0 Å². The van der Waals surface area contributed by atoms with Crippen LogP contribution in [0, 0.1) is 0 Å². The van der Waals surface area contributed by atoms with E-state index in [0.29, 0.717) is 18.0 Å². The molecule has 1 amide bonds. The van der Waals surface area contributed by atoms with E-state index in [1.807, 2.05) is 41.4 Å². The molecule has 0 bridgehead atoms. The predicted octanol–water partition coefficient (Wildman–Crippen LogP) is 3.89. The maximum absolute atomic E-state index is 13.2. The number of imidazole rings is 1. The van der Waals surface area contributed by atoms with Crippen molar-refractivity contribution in [3.8, 4) is 11.3 Å². The molecule has 0 saturated carbocycles. The molecule has 1 saturated heterocycles. The zero-order chi connectivity index (χ0) is 18.9. The third kappa shape index (κ3) is 3.03. The molecule has 2 aliphatic heterocycles. The average molecular weight is 376 g/mol. The van der Waals surface area contributed by atoms with Crippen LogP contribution in [0.2, 0.25) is 0 Å². The number of carbonyl (C=O) groups excluding carboxylic acids is 1. The maximum atomic E-state index is 13.2. The first-order valence-corrected chi connectivity index (χ1v) is 10.1. The van der Waals surface area contributed by atoms with Crippen molar-refractivity contribution in [2.75, 3.05) is 13.1 Å². The molecule has 4 heterocycles. The highest BCUT2D eigenvalue weighted by atomic mass is 16.3. The Hall–Kier alpha value is -2.89. The Morgan fingerprint density at radius 2 is 1.96 bits per heavy atom. The lowest BCUT2D eigenvalue weighted by atomic mass is 9.96. The highest BCUT2D eigenvalue weighted by Gasteiger charge is 2.32. The van der Waals surface area contributed by atoms with Crippen molar-refractivity contribution >= 4 is 5.91 Å². The molecular weight excluding hydrogens is 352 g/mol. The number of rotatable bonds is 3. The summed E-state index contributed by atoms with van der Waals surface area (Å²) in [4.78, 5) is 24.2. The Labute approximate surface area is 164 Å². The molecule has 0 N–H and O–H groups in total. The third-order valence-corrected chi connectivity index (χ3v) is 5.92. The summed E-state index contributed by atoms with van der Waals surface area (Å²) in [5, 5.41) is 0. The fraction of sp³-hybridized carbons (Fsp3) is 0.409. The van der Waals surface area contributed by atoms with Crippen LogP contribution in [0.25, 0.3) is 11.3 Å². The van der Waals surface area contributed by atoms with Gasteiger partial charge in [-0.15, -0.1) is 0 Å². The van der Waals surface area contributed by atoms with E-state index >= 15 is 0 Å². The van der Waals surface area contributed by atoms with Crippen LogP contribution in [-0.2, 0) is 13.0 Å². The number of nitrogens with zero attached hydrogens (tertiary/aromatic N) is 4. The molecule has 6 heteroatoms. The number of oxazole rings is 1. The SMILES string of the molecule is O=C(c1ocnc1-c1ccccc1)N1CCC[C@H](c2ncc3n2CCCC3)C1. The van der Waals surface area contributed by atoms with Crippen LogP contribution >= 0.6 is 0 Å². The Morgan fingerprint density at radius 1 is 1.07 bits per heavy atom. The van der Waals surface area contributed by atoms with Gasteiger partial charge in [-0.05, 0) is 32.1 Å². The molecule has 0 radical (unpaired) electrons. The first kappa shape index (κ1) is 17.2. The van der Waals surface area contributed by atoms with Crippen molar-refractivity contribution in [1.29, 1.82) is 0 Å². The van der Waals surface area contributed by atoms with E-state index in [0.717, 1.165) is 43.7 Å². The molecule has 0 aliphatic carbocycles. The maximum Gasteiger partial charge on any atom is 0.291 e. The van der Waals surface area contributed by atoms with Crippen LogP contribution < -0.4 is 0 Å². The van der Waals surface area contributed by atoms with Gasteiger partial charge in [-0.3, -0.25) is 4.79 Å². The van der Waals surface area contributed by atoms with Gasteiger partial charge in [0.1, 0.15) is 11.5 Å². The normalized spacial score (nSPS) is 19.4. The van der Waals surface area contributed by atoms with E-state index in [4.69, 9.17) is 9.40 Å². The molecule has 5 rings (SSSR count). The number of hydrogen-bond donors (Lipinski definition) is 0. The Balaban J connectivity index is 1.38. The Bertz CT molecular complexity index is 976. The fourth-order valence-electron chi connectivity index (χ4n) is 4.50. The van der Waals surface area contributed by atoms with Crippen molar-refractivity contribution in [3.63, 3.8) is 0 Å². The lowest BCUT2D eigenvalue weighted by molar-refractivity contribution is 0.0672. The van der Waals surface area contributed by atoms with Gasteiger partial charge in [0.25, 0.3) is 5.91 Å². The molecule has 0 spiro atoms. The molecule has 28 heavy (non-hydrogen) atoms. The highest BCUT2D eigenvalue weighted by molar-refractivity contribution is 5.97. The van der Waals surface area contributed by atoms with Crippen molar-refractivity contribution in [2.45, 2.75) is 44.6 Å². The zero-order valence-corrected chi connectivity index (χ0v) is 15.9. The minimum absolute atomic E-state index is 0.0773. The number of piperidine rings is 1. The quantitative estimate of drug-likeness (QED) is 0.696. The van der Waals surface area contributed by atoms with E-state index < -0.39 is 0 Å². The molecular formula is C22H24N4O2. The Morgan fingerprint density at radius 3 is 2.86 bits per heavy atom. The summed E-state index contributed by atoms with van der Waals surface area (Å²) in [6, 6.07) is 9.73. The summed E-state index contributed by atoms with van der Waals surface area (Å²) in [5.74, 6) is 1.68. The minimum atomic E-state index is -0.0773. The van der Waals surface area contributed by atoms with Gasteiger partial charge in [0.2, 0.25) is 5.76 Å². The largest absolute Gasteiger partial charge is 0.438 e. The van der Waals surface area contributed by atoms with Gasteiger partial charge >= 0.3 is 0 Å². The van der Waals surface area contributed by atoms with Gasteiger partial charge in [-0.1, -0.05) is 30.3 Å². The van der Waals surface area contributed by atoms with Crippen LogP contribution in [0.1, 0.15) is 53.7 Å². The second-order valence-corrected chi connectivity index (χ2v) is 7.70. The monoisotopic (exact) mass is 376 g/mol. The van der Waals surface area contributed by atoms with Crippen LogP contribution in [-0.4, -0.2) is 38.4 Å². The summed E-state index contributed by atoms with van der Waals surface area (Å²) in [5.41, 5.74) is 2.85. The molecule has 2 aliphatic rings. The lowest BCUT2D eigenvalue weighted by Crippen LogP contribution is -2.40. The van der Waals surface area contributed by atoms with Gasteiger partial charge in [-0.2, -0.15) is 0 Å². The second-order valence-electron chi connectivity index (χ2n) is 7.70. The topological polar surface area (TPSA) is 64.2 Å². The fourth-order valence-corrected chi connectivity index (χ4v) is 4.50. The van der Waals surface area contributed by atoms with E-state index in [2.05, 4.69) is 9.55 Å². The summed E-state index contributed by atoms with van der Waals surface area (Å²) in [7, 11) is 0. The standard InChI is InChI=1S/C22H24N4O2/c27-22(20-19(24-15-28-20)16-7-2-1-3-8-16)25-11-6-9-17(14-25)21-23-13-18-10-4-5-12-26(18)21/h1-3,7-8,13,15,17H,4-6,9-12,14H2/t17-/m0/s1. The number of amides is 1. The number of aromatic nitrogens is 3. The second kappa shape index (κ2) is 7.26. The van der Waals surface area contributed by atoms with Gasteiger partial charge in [0.15, 0.2) is 6.39 Å². The highest BCUT2D eigenvalue weighted by Crippen LogP contribution is 2.31. The van der Waals surface area contributed by atoms with Crippen molar-refractivity contribution in [2.24, 2.45) is 0 Å². The van der Waals surface area contributed by atoms with Crippen LogP contribution in [0.15, 0.2) is 47.3 Å². The molecule has 1 atom stereocenters. The minimum Gasteiger partial charge on any atom is -0.438 e. The first-order valence-electron chi connectivity index (χ1n) is 10.1. The van der Waals surface area contributed by atoms with Crippen LogP contribution in [0.5, 0.6) is 0 Å². The number of aryl methyl sites for hydroxylation is 1. The summed E-state index contributed by atoms with van der Waals surface area (Å²) in [6.07, 6.45) is 9.01. The molecule has 3 aromatic rings. The van der Waals surface area contributed by atoms with Crippen molar-refractivity contribution < 1.29 is 9.21 Å². The Kier molecular flexibility index (Phi) is 4.47. The van der Waals surface area contributed by atoms with E-state index in [-0.39, 0.29) is 11.8 Å². The molecule has 144 valence electrons. The third-order valence-electron chi connectivity index (χ3n) is 5.92. The number of carbonyl (C=O) groups is 1. The van der Waals surface area contributed by atoms with Gasteiger partial charge in [0, 0.05) is 43.0 Å². The first-order chi connectivity index (χ1) is 13.8. The van der Waals surface area contributed by atoms with Crippen LogP contribution in [0.3, 0.4) is 0 Å². The smallest absolute Gasteiger partial charge is 0.291 e. The molecule has 1 aromatic carbocycles. The average Bonchev–Trinajstić information content (AvgIpc) is 3.41. The van der Waals surface area contributed by atoms with E-state index in [1.165, 1.54) is 24.9 Å². The molecule has 0 unspecified atom stereocenters. The zero-order valence-electron chi connectivity index (χ0n) is 15.9. The summed E-state index contributed by atoms with van der Waals surface area (Å²) >= 11 is 0. The number of benzene rings is 1. The molecule has 2 aromatic heterocycles.